The molecule has 9 nitrogen and oxygen atoms in total. The Labute approximate surface area is 235 Å². The van der Waals surface area contributed by atoms with Gasteiger partial charge in [0.15, 0.2) is 5.65 Å². The van der Waals surface area contributed by atoms with E-state index in [1.807, 2.05) is 47.4 Å². The lowest BCUT2D eigenvalue weighted by Crippen LogP contribution is -2.33. The molecule has 2 aliphatic heterocycles. The third-order valence-corrected chi connectivity index (χ3v) is 8.88. The summed E-state index contributed by atoms with van der Waals surface area (Å²) in [5.74, 6) is 3.67. The molecule has 11 heteroatoms. The number of pyridine rings is 1. The molecule has 0 saturated carbocycles. The molecule has 4 aromatic rings. The number of ether oxygens (including phenoxy) is 1. The minimum atomic E-state index is -0.273. The van der Waals surface area contributed by atoms with Crippen molar-refractivity contribution in [1.82, 2.24) is 15.0 Å². The molecule has 1 saturated heterocycles. The van der Waals surface area contributed by atoms with Gasteiger partial charge in [0.05, 0.1) is 29.6 Å². The quantitative estimate of drug-likeness (QED) is 0.301. The molecule has 1 fully saturated rings. The van der Waals surface area contributed by atoms with E-state index < -0.39 is 0 Å². The van der Waals surface area contributed by atoms with Crippen LogP contribution < -0.4 is 25.2 Å². The van der Waals surface area contributed by atoms with Gasteiger partial charge in [-0.1, -0.05) is 6.58 Å². The van der Waals surface area contributed by atoms with Gasteiger partial charge in [0.2, 0.25) is 11.9 Å². The van der Waals surface area contributed by atoms with Crippen LogP contribution in [0.15, 0.2) is 54.6 Å². The van der Waals surface area contributed by atoms with Crippen LogP contribution in [0.5, 0.6) is 5.75 Å². The Hall–Kier alpha value is -3.83. The number of fused-ring (bicyclic) bond motifs is 2. The van der Waals surface area contributed by atoms with Gasteiger partial charge in [-0.05, 0) is 47.7 Å². The molecule has 39 heavy (non-hydrogen) atoms. The Morgan fingerprint density at radius 3 is 2.82 bits per heavy atom. The average Bonchev–Trinajstić information content (AvgIpc) is 3.45. The monoisotopic (exact) mass is 559 g/mol. The summed E-state index contributed by atoms with van der Waals surface area (Å²) in [6.07, 6.45) is 4.00. The third kappa shape index (κ3) is 5.24. The zero-order valence-corrected chi connectivity index (χ0v) is 23.3. The van der Waals surface area contributed by atoms with Crippen molar-refractivity contribution in [3.8, 4) is 5.75 Å². The van der Waals surface area contributed by atoms with Crippen LogP contribution in [0, 0.1) is 0 Å². The van der Waals surface area contributed by atoms with Gasteiger partial charge in [0, 0.05) is 54.8 Å². The van der Waals surface area contributed by atoms with Crippen LogP contribution in [0.1, 0.15) is 10.4 Å². The van der Waals surface area contributed by atoms with Crippen molar-refractivity contribution in [2.45, 2.75) is 13.0 Å². The van der Waals surface area contributed by atoms with Gasteiger partial charge >= 0.3 is 0 Å². The van der Waals surface area contributed by atoms with Crippen molar-refractivity contribution in [2.24, 2.45) is 0 Å². The van der Waals surface area contributed by atoms with E-state index in [1.54, 1.807) is 13.3 Å². The van der Waals surface area contributed by atoms with E-state index in [9.17, 15) is 4.79 Å². The molecular weight excluding hydrogens is 530 g/mol. The number of rotatable bonds is 7. The normalized spacial score (nSPS) is 15.1. The molecule has 2 N–H and O–H groups in total. The molecule has 0 aliphatic carbocycles. The molecule has 1 amide bonds. The second kappa shape index (κ2) is 11.1. The number of nitrogens with zero attached hydrogens (tertiary/aromatic N) is 5. The zero-order valence-electron chi connectivity index (χ0n) is 21.6. The number of nitrogens with one attached hydrogen (secondary N) is 2. The summed E-state index contributed by atoms with van der Waals surface area (Å²) in [5, 5.41) is 9.40. The highest BCUT2D eigenvalue weighted by atomic mass is 32.2. The number of thiophene rings is 1. The molecule has 200 valence electrons. The molecule has 1 aromatic carbocycles. The average molecular weight is 560 g/mol. The Balaban J connectivity index is 1.39. The molecule has 0 unspecified atom stereocenters. The first-order valence-electron chi connectivity index (χ1n) is 12.8. The second-order valence-electron chi connectivity index (χ2n) is 9.27. The third-order valence-electron chi connectivity index (χ3n) is 6.92. The zero-order chi connectivity index (χ0) is 26.8. The number of benzene rings is 1. The Bertz CT molecular complexity index is 1530. The largest absolute Gasteiger partial charge is 0.494 e. The summed E-state index contributed by atoms with van der Waals surface area (Å²) >= 11 is 3.74. The van der Waals surface area contributed by atoms with Crippen molar-refractivity contribution in [2.75, 3.05) is 58.7 Å². The fourth-order valence-corrected chi connectivity index (χ4v) is 6.77. The number of anilines is 5. The molecule has 3 aromatic heterocycles. The van der Waals surface area contributed by atoms with E-state index in [0.717, 1.165) is 61.0 Å². The SMILES string of the molecule is C=CC(=O)Nc1cc(Nc2nc(N3CCc4sccc4C3)c3cccnc3n2)c(OC)cc1N1CCSCC1. The summed E-state index contributed by atoms with van der Waals surface area (Å²) in [7, 11) is 1.64. The van der Waals surface area contributed by atoms with E-state index in [-0.39, 0.29) is 5.91 Å². The van der Waals surface area contributed by atoms with Crippen molar-refractivity contribution >= 4 is 68.9 Å². The maximum absolute atomic E-state index is 12.3. The summed E-state index contributed by atoms with van der Waals surface area (Å²) in [5.41, 5.74) is 4.19. The lowest BCUT2D eigenvalue weighted by atomic mass is 10.1. The van der Waals surface area contributed by atoms with Crippen LogP contribution in [0.3, 0.4) is 0 Å². The van der Waals surface area contributed by atoms with Gasteiger partial charge in [0.25, 0.3) is 0 Å². The summed E-state index contributed by atoms with van der Waals surface area (Å²) in [6.45, 7) is 7.07. The first-order valence-corrected chi connectivity index (χ1v) is 14.8. The van der Waals surface area contributed by atoms with Gasteiger partial charge in [-0.15, -0.1) is 11.3 Å². The summed E-state index contributed by atoms with van der Waals surface area (Å²) in [6, 6.07) is 9.96. The number of methoxy groups -OCH3 is 1. The van der Waals surface area contributed by atoms with Crippen LogP contribution in [-0.4, -0.2) is 59.1 Å². The Kier molecular flexibility index (Phi) is 7.25. The molecule has 5 heterocycles. The number of carbonyl (C=O) groups excluding carboxylic acids is 1. The first kappa shape index (κ1) is 25.4. The number of hydrogen-bond acceptors (Lipinski definition) is 10. The minimum absolute atomic E-state index is 0.273. The minimum Gasteiger partial charge on any atom is -0.494 e. The van der Waals surface area contributed by atoms with E-state index in [4.69, 9.17) is 14.7 Å². The van der Waals surface area contributed by atoms with E-state index in [1.165, 1.54) is 16.5 Å². The van der Waals surface area contributed by atoms with Gasteiger partial charge in [-0.3, -0.25) is 4.79 Å². The van der Waals surface area contributed by atoms with Crippen LogP contribution in [0.2, 0.25) is 0 Å². The van der Waals surface area contributed by atoms with Crippen LogP contribution in [-0.2, 0) is 17.8 Å². The van der Waals surface area contributed by atoms with Gasteiger partial charge in [-0.25, -0.2) is 4.98 Å². The van der Waals surface area contributed by atoms with E-state index in [0.29, 0.717) is 28.7 Å². The maximum Gasteiger partial charge on any atom is 0.247 e. The number of thioether (sulfide) groups is 1. The fourth-order valence-electron chi connectivity index (χ4n) is 4.98. The second-order valence-corrected chi connectivity index (χ2v) is 11.5. The maximum atomic E-state index is 12.3. The Morgan fingerprint density at radius 2 is 2.00 bits per heavy atom. The van der Waals surface area contributed by atoms with Crippen molar-refractivity contribution in [3.63, 3.8) is 0 Å². The van der Waals surface area contributed by atoms with Gasteiger partial charge in [0.1, 0.15) is 11.6 Å². The van der Waals surface area contributed by atoms with Gasteiger partial charge < -0.3 is 25.2 Å². The molecule has 0 atom stereocenters. The molecule has 0 bridgehead atoms. The first-order chi connectivity index (χ1) is 19.1. The van der Waals surface area contributed by atoms with Crippen LogP contribution >= 0.6 is 23.1 Å². The summed E-state index contributed by atoms with van der Waals surface area (Å²) < 4.78 is 5.79. The molecule has 2 aliphatic rings. The van der Waals surface area contributed by atoms with E-state index in [2.05, 4.69) is 43.4 Å². The van der Waals surface area contributed by atoms with E-state index >= 15 is 0 Å². The number of aromatic nitrogens is 3. The molecule has 0 spiro atoms. The number of amides is 1. The number of hydrogen-bond donors (Lipinski definition) is 2. The topological polar surface area (TPSA) is 95.5 Å². The Morgan fingerprint density at radius 1 is 1.13 bits per heavy atom. The highest BCUT2D eigenvalue weighted by Gasteiger charge is 2.23. The van der Waals surface area contributed by atoms with Crippen molar-refractivity contribution < 1.29 is 9.53 Å². The highest BCUT2D eigenvalue weighted by molar-refractivity contribution is 7.99. The predicted molar refractivity (Wildman–Crippen MR) is 161 cm³/mol. The molecular formula is C28H29N7O2S2. The van der Waals surface area contributed by atoms with Crippen LogP contribution in [0.25, 0.3) is 11.0 Å². The van der Waals surface area contributed by atoms with Crippen molar-refractivity contribution in [3.05, 3.63) is 65.0 Å². The van der Waals surface area contributed by atoms with Gasteiger partial charge in [-0.2, -0.15) is 21.7 Å². The lowest BCUT2D eigenvalue weighted by molar-refractivity contribution is -0.111. The molecule has 6 rings (SSSR count). The highest BCUT2D eigenvalue weighted by Crippen LogP contribution is 2.40. The summed E-state index contributed by atoms with van der Waals surface area (Å²) in [4.78, 5) is 32.6. The molecule has 0 radical (unpaired) electrons. The van der Waals surface area contributed by atoms with Crippen LogP contribution in [0.4, 0.5) is 28.8 Å². The van der Waals surface area contributed by atoms with Crippen molar-refractivity contribution in [1.29, 1.82) is 0 Å². The fraction of sp³-hybridized carbons (Fsp3) is 0.286. The number of carbonyl (C=O) groups is 1. The lowest BCUT2D eigenvalue weighted by Gasteiger charge is -2.31. The predicted octanol–water partition coefficient (Wildman–Crippen LogP) is 5.08. The standard InChI is InChI=1S/C28H29N7O2S2/c1-3-25(36)30-20-15-21(23(37-2)16-22(20)34-10-13-38-14-11-34)31-28-32-26-19(5-4-8-29-26)27(33-28)35-9-6-24-18(17-35)7-12-39-24/h3-5,7-8,12,15-16H,1,6,9-11,13-14,17H2,2H3,(H,30,36)(H,29,31,32,33). The smallest absolute Gasteiger partial charge is 0.247 e.